The van der Waals surface area contributed by atoms with Gasteiger partial charge in [0.25, 0.3) is 0 Å². The molecule has 0 aliphatic rings. The number of aromatic nitrogens is 2. The van der Waals surface area contributed by atoms with Gasteiger partial charge in [-0.3, -0.25) is 0 Å². The van der Waals surface area contributed by atoms with Crippen molar-refractivity contribution in [2.24, 2.45) is 0 Å². The third-order valence-electron chi connectivity index (χ3n) is 2.61. The zero-order valence-electron chi connectivity index (χ0n) is 10.7. The molecule has 0 radical (unpaired) electrons. The lowest BCUT2D eigenvalue weighted by Crippen LogP contribution is -2.10. The van der Waals surface area contributed by atoms with E-state index >= 15 is 0 Å². The second-order valence-corrected chi connectivity index (χ2v) is 4.06. The van der Waals surface area contributed by atoms with E-state index in [-0.39, 0.29) is 12.6 Å². The normalized spacial score (nSPS) is 10.8. The van der Waals surface area contributed by atoms with E-state index in [0.717, 1.165) is 29.7 Å². The van der Waals surface area contributed by atoms with Crippen molar-refractivity contribution in [1.82, 2.24) is 9.97 Å². The van der Waals surface area contributed by atoms with E-state index in [2.05, 4.69) is 15.3 Å². The summed E-state index contributed by atoms with van der Waals surface area (Å²) >= 11 is 0. The van der Waals surface area contributed by atoms with Crippen molar-refractivity contribution in [1.29, 1.82) is 0 Å². The number of nitrogens with two attached hydrogens (primary N) is 1. The number of aliphatic hydroxyl groups is 1. The third kappa shape index (κ3) is 3.77. The number of hydrogen-bond acceptors (Lipinski definition) is 6. The third-order valence-corrected chi connectivity index (χ3v) is 2.61. The Hall–Kier alpha value is -1.92. The first-order chi connectivity index (χ1) is 9.31. The Morgan fingerprint density at radius 1 is 1.21 bits per heavy atom. The molecule has 0 spiro atoms. The number of rotatable bonds is 7. The number of nitrogens with one attached hydrogen (secondary N) is 1. The largest absolute Gasteiger partial charge is 0.394 e. The van der Waals surface area contributed by atoms with Crippen LogP contribution in [0.15, 0.2) is 24.3 Å². The zero-order chi connectivity index (χ0) is 13.5. The monoisotopic (exact) mass is 262 g/mol. The first-order valence-electron chi connectivity index (χ1n) is 6.26. The number of nitrogens with zero attached hydrogens (tertiary/aromatic N) is 2. The first kappa shape index (κ1) is 13.5. The molecule has 0 aliphatic carbocycles. The van der Waals surface area contributed by atoms with Crippen LogP contribution in [0.4, 0.5) is 11.8 Å². The summed E-state index contributed by atoms with van der Waals surface area (Å²) in [6, 6.07) is 7.72. The van der Waals surface area contributed by atoms with Crippen molar-refractivity contribution in [2.75, 3.05) is 37.4 Å². The molecular weight excluding hydrogens is 244 g/mol. The first-order valence-corrected chi connectivity index (χ1v) is 6.26. The van der Waals surface area contributed by atoms with Gasteiger partial charge < -0.3 is 20.9 Å². The van der Waals surface area contributed by atoms with E-state index in [9.17, 15) is 0 Å². The van der Waals surface area contributed by atoms with Gasteiger partial charge in [-0.1, -0.05) is 12.1 Å². The molecular formula is C13H18N4O2. The molecule has 0 amide bonds. The van der Waals surface area contributed by atoms with E-state index in [0.29, 0.717) is 13.2 Å². The molecule has 19 heavy (non-hydrogen) atoms. The molecule has 6 heteroatoms. The van der Waals surface area contributed by atoms with Gasteiger partial charge in [0, 0.05) is 18.5 Å². The van der Waals surface area contributed by atoms with Crippen molar-refractivity contribution in [3.63, 3.8) is 0 Å². The fourth-order valence-corrected chi connectivity index (χ4v) is 1.78. The standard InChI is InChI=1S/C13H18N4O2/c14-13-16-11-5-2-1-4-10(11)12(17-13)15-6-3-8-19-9-7-18/h1-2,4-5,18H,3,6-9H2,(H3,14,15,16,17). The van der Waals surface area contributed by atoms with Crippen LogP contribution >= 0.6 is 0 Å². The minimum Gasteiger partial charge on any atom is -0.394 e. The summed E-state index contributed by atoms with van der Waals surface area (Å²) in [6.07, 6.45) is 0.832. The van der Waals surface area contributed by atoms with Crippen molar-refractivity contribution in [3.05, 3.63) is 24.3 Å². The highest BCUT2D eigenvalue weighted by Crippen LogP contribution is 2.20. The van der Waals surface area contributed by atoms with E-state index in [1.54, 1.807) is 0 Å². The molecule has 2 aromatic rings. The van der Waals surface area contributed by atoms with Crippen LogP contribution in [-0.2, 0) is 4.74 Å². The van der Waals surface area contributed by atoms with Crippen LogP contribution in [0.3, 0.4) is 0 Å². The van der Waals surface area contributed by atoms with E-state index in [1.165, 1.54) is 0 Å². The predicted octanol–water partition coefficient (Wildman–Crippen LogP) is 1.02. The number of aliphatic hydroxyl groups excluding tert-OH is 1. The van der Waals surface area contributed by atoms with Gasteiger partial charge in [-0.2, -0.15) is 4.98 Å². The maximum Gasteiger partial charge on any atom is 0.222 e. The molecule has 0 bridgehead atoms. The summed E-state index contributed by atoms with van der Waals surface area (Å²) in [4.78, 5) is 8.39. The number of fused-ring (bicyclic) bond motifs is 1. The van der Waals surface area contributed by atoms with Gasteiger partial charge in [0.1, 0.15) is 5.82 Å². The van der Waals surface area contributed by atoms with Crippen LogP contribution in [0, 0.1) is 0 Å². The SMILES string of the molecule is Nc1nc(NCCCOCCO)c2ccccc2n1. The quantitative estimate of drug-likeness (QED) is 0.645. The van der Waals surface area contributed by atoms with Gasteiger partial charge in [0.15, 0.2) is 0 Å². The number of nitrogen functional groups attached to an aromatic ring is 1. The van der Waals surface area contributed by atoms with Crippen molar-refractivity contribution >= 4 is 22.7 Å². The number of anilines is 2. The van der Waals surface area contributed by atoms with Crippen LogP contribution in [0.2, 0.25) is 0 Å². The van der Waals surface area contributed by atoms with Gasteiger partial charge in [0.2, 0.25) is 5.95 Å². The summed E-state index contributed by atoms with van der Waals surface area (Å²) in [5.74, 6) is 1.00. The van der Waals surface area contributed by atoms with Crippen LogP contribution in [0.1, 0.15) is 6.42 Å². The Balaban J connectivity index is 1.96. The Kier molecular flexibility index (Phi) is 4.88. The minimum absolute atomic E-state index is 0.0561. The molecule has 0 atom stereocenters. The molecule has 0 fully saturated rings. The topological polar surface area (TPSA) is 93.3 Å². The van der Waals surface area contributed by atoms with Gasteiger partial charge in [0.05, 0.1) is 18.7 Å². The van der Waals surface area contributed by atoms with Gasteiger partial charge in [-0.05, 0) is 18.6 Å². The van der Waals surface area contributed by atoms with E-state index in [1.807, 2.05) is 24.3 Å². The molecule has 1 heterocycles. The Bertz CT molecular complexity index is 533. The predicted molar refractivity (Wildman–Crippen MR) is 75.0 cm³/mol. The van der Waals surface area contributed by atoms with E-state index < -0.39 is 0 Å². The van der Waals surface area contributed by atoms with Crippen LogP contribution in [-0.4, -0.2) is 41.4 Å². The highest BCUT2D eigenvalue weighted by molar-refractivity contribution is 5.89. The van der Waals surface area contributed by atoms with Gasteiger partial charge >= 0.3 is 0 Å². The maximum atomic E-state index is 8.58. The molecule has 4 N–H and O–H groups in total. The second kappa shape index (κ2) is 6.86. The average Bonchev–Trinajstić information content (AvgIpc) is 2.42. The lowest BCUT2D eigenvalue weighted by Gasteiger charge is -2.09. The molecule has 6 nitrogen and oxygen atoms in total. The number of benzene rings is 1. The van der Waals surface area contributed by atoms with Crippen LogP contribution in [0.5, 0.6) is 0 Å². The highest BCUT2D eigenvalue weighted by Gasteiger charge is 2.04. The van der Waals surface area contributed by atoms with Gasteiger partial charge in [-0.25, -0.2) is 4.98 Å². The minimum atomic E-state index is 0.0561. The molecule has 0 saturated carbocycles. The second-order valence-electron chi connectivity index (χ2n) is 4.06. The Morgan fingerprint density at radius 2 is 2.05 bits per heavy atom. The molecule has 0 unspecified atom stereocenters. The fourth-order valence-electron chi connectivity index (χ4n) is 1.78. The highest BCUT2D eigenvalue weighted by atomic mass is 16.5. The summed E-state index contributed by atoms with van der Waals surface area (Å²) < 4.78 is 5.18. The number of ether oxygens (including phenoxy) is 1. The molecule has 0 saturated heterocycles. The summed E-state index contributed by atoms with van der Waals surface area (Å²) in [6.45, 7) is 1.77. The molecule has 0 aliphatic heterocycles. The molecule has 1 aromatic heterocycles. The molecule has 1 aromatic carbocycles. The lowest BCUT2D eigenvalue weighted by atomic mass is 10.2. The maximum absolute atomic E-state index is 8.58. The van der Waals surface area contributed by atoms with Crippen molar-refractivity contribution < 1.29 is 9.84 Å². The smallest absolute Gasteiger partial charge is 0.222 e. The lowest BCUT2D eigenvalue weighted by molar-refractivity contribution is 0.0922. The van der Waals surface area contributed by atoms with Crippen LogP contribution < -0.4 is 11.1 Å². The fraction of sp³-hybridized carbons (Fsp3) is 0.385. The molecule has 2 rings (SSSR count). The van der Waals surface area contributed by atoms with Crippen molar-refractivity contribution in [3.8, 4) is 0 Å². The van der Waals surface area contributed by atoms with E-state index in [4.69, 9.17) is 15.6 Å². The van der Waals surface area contributed by atoms with Gasteiger partial charge in [-0.15, -0.1) is 0 Å². The molecule has 102 valence electrons. The summed E-state index contributed by atoms with van der Waals surface area (Å²) in [5.41, 5.74) is 6.51. The van der Waals surface area contributed by atoms with Crippen molar-refractivity contribution in [2.45, 2.75) is 6.42 Å². The summed E-state index contributed by atoms with van der Waals surface area (Å²) in [5, 5.41) is 12.8. The Labute approximate surface area is 111 Å². The zero-order valence-corrected chi connectivity index (χ0v) is 10.7. The number of para-hydroxylation sites is 1. The number of hydrogen-bond donors (Lipinski definition) is 3. The van der Waals surface area contributed by atoms with Crippen LogP contribution in [0.25, 0.3) is 10.9 Å². The average molecular weight is 262 g/mol. The Morgan fingerprint density at radius 3 is 2.89 bits per heavy atom. The summed E-state index contributed by atoms with van der Waals surface area (Å²) in [7, 11) is 0.